The normalized spacial score (nSPS) is 15.4. The Hall–Kier alpha value is -3.25. The van der Waals surface area contributed by atoms with E-state index in [1.807, 2.05) is 6.07 Å². The lowest BCUT2D eigenvalue weighted by Gasteiger charge is -2.18. The molecule has 2 aromatic heterocycles. The van der Waals surface area contributed by atoms with Crippen molar-refractivity contribution in [3.63, 3.8) is 0 Å². The number of nitrogens with zero attached hydrogens (tertiary/aromatic N) is 2. The Morgan fingerprint density at radius 1 is 1.24 bits per heavy atom. The van der Waals surface area contributed by atoms with Gasteiger partial charge in [0.25, 0.3) is 5.89 Å². The topological polar surface area (TPSA) is 138 Å². The van der Waals surface area contributed by atoms with Gasteiger partial charge >= 0.3 is 11.2 Å². The molecule has 10 nitrogen and oxygen atoms in total. The largest absolute Gasteiger partial charge is 0.484 e. The van der Waals surface area contributed by atoms with Gasteiger partial charge in [0.1, 0.15) is 16.5 Å². The minimum absolute atomic E-state index is 0.0455. The maximum Gasteiger partial charge on any atom is 0.341 e. The highest BCUT2D eigenvalue weighted by Gasteiger charge is 2.31. The quantitative estimate of drug-likeness (QED) is 0.458. The first-order chi connectivity index (χ1) is 16.3. The fourth-order valence-corrected chi connectivity index (χ4v) is 5.98. The summed E-state index contributed by atoms with van der Waals surface area (Å²) in [5.74, 6) is -1.34. The van der Waals surface area contributed by atoms with Gasteiger partial charge in [-0.15, -0.1) is 16.4 Å². The number of aromatic nitrogens is 2. The molecule has 34 heavy (non-hydrogen) atoms. The van der Waals surface area contributed by atoms with E-state index >= 15 is 0 Å². The number of rotatable bonds is 8. The van der Waals surface area contributed by atoms with Gasteiger partial charge in [-0.2, -0.15) is 0 Å². The molecule has 0 radical (unpaired) electrons. The van der Waals surface area contributed by atoms with Crippen molar-refractivity contribution in [2.24, 2.45) is 5.92 Å². The average Bonchev–Trinajstić information content (AvgIpc) is 3.42. The zero-order chi connectivity index (χ0) is 24.3. The SMILES string of the molecule is COC(=O)c1c(NC(=O)CS(=O)(=O)c2nnc(COc3ccccc3)o2)sc2c1CCC(C)C2. The predicted octanol–water partition coefficient (Wildman–Crippen LogP) is 3.03. The van der Waals surface area contributed by atoms with E-state index in [9.17, 15) is 18.0 Å². The highest BCUT2D eigenvalue weighted by Crippen LogP contribution is 2.40. The van der Waals surface area contributed by atoms with Crippen LogP contribution in [0, 0.1) is 5.92 Å². The smallest absolute Gasteiger partial charge is 0.341 e. The fourth-order valence-electron chi connectivity index (χ4n) is 3.64. The molecule has 1 aromatic carbocycles. The van der Waals surface area contributed by atoms with Crippen LogP contribution in [0.3, 0.4) is 0 Å². The number of sulfone groups is 1. The van der Waals surface area contributed by atoms with Crippen molar-refractivity contribution in [1.29, 1.82) is 0 Å². The van der Waals surface area contributed by atoms with E-state index < -0.39 is 32.7 Å². The van der Waals surface area contributed by atoms with Crippen LogP contribution in [-0.2, 0) is 38.8 Å². The first-order valence-corrected chi connectivity index (χ1v) is 13.0. The van der Waals surface area contributed by atoms with Crippen molar-refractivity contribution in [2.75, 3.05) is 18.2 Å². The van der Waals surface area contributed by atoms with Crippen LogP contribution in [0.2, 0.25) is 0 Å². The molecule has 0 aliphatic heterocycles. The molecular weight excluding hydrogens is 482 g/mol. The number of hydrogen-bond donors (Lipinski definition) is 1. The van der Waals surface area contributed by atoms with Crippen molar-refractivity contribution in [3.8, 4) is 5.75 Å². The summed E-state index contributed by atoms with van der Waals surface area (Å²) >= 11 is 1.27. The first-order valence-electron chi connectivity index (χ1n) is 10.5. The molecule has 1 aliphatic carbocycles. The first kappa shape index (κ1) is 23.9. The molecule has 1 unspecified atom stereocenters. The minimum atomic E-state index is -4.21. The molecule has 1 atom stereocenters. The van der Waals surface area contributed by atoms with Crippen LogP contribution in [0.1, 0.15) is 40.0 Å². The fraction of sp³-hybridized carbons (Fsp3) is 0.364. The van der Waals surface area contributed by atoms with Gasteiger partial charge < -0.3 is 19.2 Å². The number of nitrogens with one attached hydrogen (secondary N) is 1. The number of amides is 1. The van der Waals surface area contributed by atoms with Crippen molar-refractivity contribution < 1.29 is 31.9 Å². The minimum Gasteiger partial charge on any atom is -0.484 e. The van der Waals surface area contributed by atoms with Crippen molar-refractivity contribution in [3.05, 3.63) is 52.2 Å². The van der Waals surface area contributed by atoms with Gasteiger partial charge in [-0.05, 0) is 42.9 Å². The van der Waals surface area contributed by atoms with Crippen molar-refractivity contribution >= 4 is 38.1 Å². The number of esters is 1. The van der Waals surface area contributed by atoms with E-state index in [4.69, 9.17) is 13.9 Å². The summed E-state index contributed by atoms with van der Waals surface area (Å²) in [4.78, 5) is 26.0. The second kappa shape index (κ2) is 9.94. The van der Waals surface area contributed by atoms with Crippen LogP contribution in [0.15, 0.2) is 40.0 Å². The van der Waals surface area contributed by atoms with Gasteiger partial charge in [0.15, 0.2) is 6.61 Å². The summed E-state index contributed by atoms with van der Waals surface area (Å²) in [6, 6.07) is 8.85. The van der Waals surface area contributed by atoms with E-state index in [0.717, 1.165) is 23.3 Å². The van der Waals surface area contributed by atoms with Crippen molar-refractivity contribution in [2.45, 2.75) is 38.0 Å². The van der Waals surface area contributed by atoms with E-state index in [0.29, 0.717) is 23.7 Å². The summed E-state index contributed by atoms with van der Waals surface area (Å²) in [5.41, 5.74) is 1.14. The molecule has 1 N–H and O–H groups in total. The molecule has 1 aliphatic rings. The van der Waals surface area contributed by atoms with E-state index in [1.54, 1.807) is 24.3 Å². The molecule has 2 heterocycles. The summed E-state index contributed by atoms with van der Waals surface area (Å²) in [6.07, 6.45) is 2.40. The molecule has 0 fully saturated rings. The number of ether oxygens (including phenoxy) is 2. The van der Waals surface area contributed by atoms with Crippen LogP contribution >= 0.6 is 11.3 Å². The predicted molar refractivity (Wildman–Crippen MR) is 123 cm³/mol. The van der Waals surface area contributed by atoms with Gasteiger partial charge in [0.2, 0.25) is 15.7 Å². The standard InChI is InChI=1S/C22H23N3O7S2/c1-13-8-9-15-16(10-13)33-20(19(15)21(27)30-2)23-17(26)12-34(28,29)22-25-24-18(32-22)11-31-14-6-4-3-5-7-14/h3-7,13H,8-12H2,1-2H3,(H,23,26). The number of carbonyl (C=O) groups is 2. The summed E-state index contributed by atoms with van der Waals surface area (Å²) < 4.78 is 40.8. The highest BCUT2D eigenvalue weighted by molar-refractivity contribution is 7.91. The van der Waals surface area contributed by atoms with Crippen LogP contribution < -0.4 is 10.1 Å². The maximum atomic E-state index is 12.6. The van der Waals surface area contributed by atoms with Gasteiger partial charge in [-0.3, -0.25) is 4.79 Å². The lowest BCUT2D eigenvalue weighted by molar-refractivity contribution is -0.113. The molecule has 0 saturated carbocycles. The zero-order valence-electron chi connectivity index (χ0n) is 18.6. The van der Waals surface area contributed by atoms with Crippen LogP contribution in [0.4, 0.5) is 5.00 Å². The molecule has 180 valence electrons. The number of thiophene rings is 1. The Balaban J connectivity index is 1.45. The number of methoxy groups -OCH3 is 1. The molecule has 0 bridgehead atoms. The third-order valence-electron chi connectivity index (χ3n) is 5.30. The Kier molecular flexibility index (Phi) is 6.98. The third-order valence-corrected chi connectivity index (χ3v) is 7.80. The molecule has 12 heteroatoms. The number of benzene rings is 1. The number of carbonyl (C=O) groups excluding carboxylic acids is 2. The van der Waals surface area contributed by atoms with E-state index in [2.05, 4.69) is 22.4 Å². The summed E-state index contributed by atoms with van der Waals surface area (Å²) in [7, 11) is -2.94. The lowest BCUT2D eigenvalue weighted by atomic mass is 9.88. The Labute approximate surface area is 200 Å². The maximum absolute atomic E-state index is 12.6. The Morgan fingerprint density at radius 3 is 2.74 bits per heavy atom. The second-order valence-electron chi connectivity index (χ2n) is 7.92. The molecule has 1 amide bonds. The molecule has 0 spiro atoms. The number of para-hydroxylation sites is 1. The van der Waals surface area contributed by atoms with E-state index in [1.165, 1.54) is 18.4 Å². The zero-order valence-corrected chi connectivity index (χ0v) is 20.2. The molecule has 4 rings (SSSR count). The Bertz CT molecular complexity index is 1300. The van der Waals surface area contributed by atoms with Gasteiger partial charge in [0, 0.05) is 4.88 Å². The number of anilines is 1. The Morgan fingerprint density at radius 2 is 2.00 bits per heavy atom. The second-order valence-corrected chi connectivity index (χ2v) is 10.9. The molecule has 3 aromatic rings. The summed E-state index contributed by atoms with van der Waals surface area (Å²) in [5, 5.41) is 9.39. The van der Waals surface area contributed by atoms with Crippen LogP contribution in [0.5, 0.6) is 5.75 Å². The van der Waals surface area contributed by atoms with E-state index in [-0.39, 0.29) is 17.5 Å². The average molecular weight is 506 g/mol. The van der Waals surface area contributed by atoms with Gasteiger partial charge in [-0.1, -0.05) is 30.2 Å². The van der Waals surface area contributed by atoms with Crippen molar-refractivity contribution in [1.82, 2.24) is 10.2 Å². The van der Waals surface area contributed by atoms with Gasteiger partial charge in [0.05, 0.1) is 12.7 Å². The highest BCUT2D eigenvalue weighted by atomic mass is 32.2. The molecular formula is C22H23N3O7S2. The van der Waals surface area contributed by atoms with Gasteiger partial charge in [-0.25, -0.2) is 13.2 Å². The lowest BCUT2D eigenvalue weighted by Crippen LogP contribution is -2.24. The summed E-state index contributed by atoms with van der Waals surface area (Å²) in [6.45, 7) is 2.00. The van der Waals surface area contributed by atoms with Crippen LogP contribution in [0.25, 0.3) is 0 Å². The third kappa shape index (κ3) is 5.28. The van der Waals surface area contributed by atoms with Crippen LogP contribution in [-0.4, -0.2) is 43.4 Å². The molecule has 0 saturated heterocycles. The monoisotopic (exact) mass is 505 g/mol. The number of hydrogen-bond acceptors (Lipinski definition) is 10. The number of fused-ring (bicyclic) bond motifs is 1.